The highest BCUT2D eigenvalue weighted by atomic mass is 35.5. The van der Waals surface area contributed by atoms with Crippen LogP contribution in [0.1, 0.15) is 27.7 Å². The number of hydrogen-bond acceptors (Lipinski definition) is 3. The molecule has 0 spiro atoms. The van der Waals surface area contributed by atoms with Gasteiger partial charge in [-0.05, 0) is 29.0 Å². The molecule has 0 aliphatic heterocycles. The summed E-state index contributed by atoms with van der Waals surface area (Å²) in [7, 11) is -3.86. The Morgan fingerprint density at radius 1 is 1.24 bits per heavy atom. The van der Waals surface area contributed by atoms with E-state index in [1.54, 1.807) is 0 Å². The van der Waals surface area contributed by atoms with Gasteiger partial charge in [-0.25, -0.2) is 13.6 Å². The summed E-state index contributed by atoms with van der Waals surface area (Å²) in [5.74, 6) is -0.189. The molecule has 1 amide bonds. The minimum atomic E-state index is -3.86. The molecule has 1 saturated carbocycles. The molecule has 0 bridgehead atoms. The SMILES string of the molecule is CC1(C)C(C(=O)Nc2ccc(S(N)(=O)=O)c(Cl)c2)C1(C)C. The number of benzene rings is 1. The second-order valence-electron chi connectivity index (χ2n) is 6.56. The molecule has 1 aliphatic carbocycles. The van der Waals surface area contributed by atoms with Crippen LogP contribution in [0.4, 0.5) is 5.69 Å². The van der Waals surface area contributed by atoms with Crippen molar-refractivity contribution in [2.45, 2.75) is 32.6 Å². The first-order valence-corrected chi connectivity index (χ1v) is 8.44. The number of sulfonamides is 1. The molecule has 3 N–H and O–H groups in total. The zero-order chi connectivity index (χ0) is 16.2. The fraction of sp³-hybridized carbons (Fsp3) is 0.500. The minimum absolute atomic E-state index is 0.00961. The normalized spacial score (nSPS) is 20.1. The molecular weight excluding hydrogens is 312 g/mol. The maximum atomic E-state index is 12.3. The largest absolute Gasteiger partial charge is 0.326 e. The molecule has 0 radical (unpaired) electrons. The van der Waals surface area contributed by atoms with Gasteiger partial charge in [-0.2, -0.15) is 0 Å². The lowest BCUT2D eigenvalue weighted by Crippen LogP contribution is -2.18. The van der Waals surface area contributed by atoms with E-state index in [1.165, 1.54) is 18.2 Å². The van der Waals surface area contributed by atoms with Crippen LogP contribution in [0.25, 0.3) is 0 Å². The van der Waals surface area contributed by atoms with E-state index < -0.39 is 10.0 Å². The number of halogens is 1. The molecule has 0 aromatic heterocycles. The number of amides is 1. The Labute approximate surface area is 129 Å². The molecule has 0 heterocycles. The summed E-state index contributed by atoms with van der Waals surface area (Å²) in [5.41, 5.74) is 0.318. The van der Waals surface area contributed by atoms with E-state index in [9.17, 15) is 13.2 Å². The van der Waals surface area contributed by atoms with Gasteiger partial charge in [0.25, 0.3) is 0 Å². The number of anilines is 1. The predicted molar refractivity (Wildman–Crippen MR) is 82.5 cm³/mol. The molecule has 0 saturated heterocycles. The Balaban J connectivity index is 2.19. The van der Waals surface area contributed by atoms with Gasteiger partial charge in [0.05, 0.1) is 5.02 Å². The van der Waals surface area contributed by atoms with Crippen LogP contribution in [0.5, 0.6) is 0 Å². The van der Waals surface area contributed by atoms with Crippen molar-refractivity contribution in [1.29, 1.82) is 0 Å². The van der Waals surface area contributed by atoms with Gasteiger partial charge in [-0.15, -0.1) is 0 Å². The topological polar surface area (TPSA) is 89.3 Å². The van der Waals surface area contributed by atoms with Gasteiger partial charge in [0.15, 0.2) is 0 Å². The third-order valence-electron chi connectivity index (χ3n) is 4.79. The van der Waals surface area contributed by atoms with Crippen molar-refractivity contribution in [1.82, 2.24) is 0 Å². The zero-order valence-electron chi connectivity index (χ0n) is 12.4. The van der Waals surface area contributed by atoms with Crippen molar-refractivity contribution >= 4 is 33.2 Å². The van der Waals surface area contributed by atoms with E-state index >= 15 is 0 Å². The van der Waals surface area contributed by atoms with Crippen LogP contribution in [-0.4, -0.2) is 14.3 Å². The monoisotopic (exact) mass is 330 g/mol. The molecule has 7 heteroatoms. The maximum Gasteiger partial charge on any atom is 0.239 e. The van der Waals surface area contributed by atoms with Gasteiger partial charge < -0.3 is 5.32 Å². The molecule has 116 valence electrons. The fourth-order valence-electron chi connectivity index (χ4n) is 2.88. The first kappa shape index (κ1) is 16.3. The lowest BCUT2D eigenvalue weighted by Gasteiger charge is -2.08. The number of hydrogen-bond donors (Lipinski definition) is 2. The van der Waals surface area contributed by atoms with E-state index in [0.29, 0.717) is 5.69 Å². The molecule has 21 heavy (non-hydrogen) atoms. The number of carbonyl (C=O) groups excluding carboxylic acids is 1. The van der Waals surface area contributed by atoms with Crippen LogP contribution in [0, 0.1) is 16.7 Å². The van der Waals surface area contributed by atoms with Crippen LogP contribution in [0.3, 0.4) is 0 Å². The van der Waals surface area contributed by atoms with Gasteiger partial charge in [-0.3, -0.25) is 4.79 Å². The summed E-state index contributed by atoms with van der Waals surface area (Å²) in [5, 5.41) is 7.80. The lowest BCUT2D eigenvalue weighted by molar-refractivity contribution is -0.118. The average molecular weight is 331 g/mol. The molecule has 1 aromatic rings. The molecule has 2 rings (SSSR count). The highest BCUT2D eigenvalue weighted by molar-refractivity contribution is 7.89. The second kappa shape index (κ2) is 4.69. The summed E-state index contributed by atoms with van der Waals surface area (Å²) in [6, 6.07) is 4.16. The van der Waals surface area contributed by atoms with Gasteiger partial charge in [0, 0.05) is 11.6 Å². The molecule has 1 aliphatic rings. The van der Waals surface area contributed by atoms with E-state index in [4.69, 9.17) is 16.7 Å². The summed E-state index contributed by atoms with van der Waals surface area (Å²) in [6.07, 6.45) is 0. The number of nitrogens with two attached hydrogens (primary N) is 1. The van der Waals surface area contributed by atoms with Crippen molar-refractivity contribution in [3.63, 3.8) is 0 Å². The van der Waals surface area contributed by atoms with Crippen molar-refractivity contribution in [2.24, 2.45) is 21.9 Å². The molecule has 0 atom stereocenters. The quantitative estimate of drug-likeness (QED) is 0.892. The van der Waals surface area contributed by atoms with Crippen molar-refractivity contribution in [3.05, 3.63) is 23.2 Å². The molecule has 1 aromatic carbocycles. The Kier molecular flexibility index (Phi) is 3.64. The van der Waals surface area contributed by atoms with Gasteiger partial charge in [0.1, 0.15) is 4.90 Å². The number of nitrogens with one attached hydrogen (secondary N) is 1. The highest BCUT2D eigenvalue weighted by Gasteiger charge is 2.68. The van der Waals surface area contributed by atoms with E-state index in [2.05, 4.69) is 5.32 Å². The van der Waals surface area contributed by atoms with Gasteiger partial charge in [0.2, 0.25) is 15.9 Å². The Morgan fingerprint density at radius 2 is 1.76 bits per heavy atom. The number of primary sulfonamides is 1. The summed E-state index contributed by atoms with van der Waals surface area (Å²) < 4.78 is 22.6. The fourth-order valence-corrected chi connectivity index (χ4v) is 3.97. The third kappa shape index (κ3) is 2.67. The first-order chi connectivity index (χ1) is 9.39. The molecular formula is C14H19ClN2O3S. The van der Waals surface area contributed by atoms with Crippen LogP contribution in [0.15, 0.2) is 23.1 Å². The number of carbonyl (C=O) groups is 1. The average Bonchev–Trinajstić information content (AvgIpc) is 2.66. The van der Waals surface area contributed by atoms with Crippen molar-refractivity contribution < 1.29 is 13.2 Å². The Morgan fingerprint density at radius 3 is 2.14 bits per heavy atom. The summed E-state index contributed by atoms with van der Waals surface area (Å²) >= 11 is 5.89. The van der Waals surface area contributed by atoms with Gasteiger partial charge in [-0.1, -0.05) is 39.3 Å². The van der Waals surface area contributed by atoms with Crippen LogP contribution in [0.2, 0.25) is 5.02 Å². The molecule has 0 unspecified atom stereocenters. The second-order valence-corrected chi connectivity index (χ2v) is 8.49. The van der Waals surface area contributed by atoms with Crippen LogP contribution in [-0.2, 0) is 14.8 Å². The number of rotatable bonds is 3. The minimum Gasteiger partial charge on any atom is -0.326 e. The van der Waals surface area contributed by atoms with Crippen molar-refractivity contribution in [2.75, 3.05) is 5.32 Å². The maximum absolute atomic E-state index is 12.3. The van der Waals surface area contributed by atoms with E-state index in [-0.39, 0.29) is 32.6 Å². The van der Waals surface area contributed by atoms with E-state index in [0.717, 1.165) is 0 Å². The summed E-state index contributed by atoms with van der Waals surface area (Å²) in [4.78, 5) is 12.1. The predicted octanol–water partition coefficient (Wildman–Crippen LogP) is 2.61. The Bertz CT molecular complexity index is 697. The molecule has 5 nitrogen and oxygen atoms in total. The van der Waals surface area contributed by atoms with E-state index in [1.807, 2.05) is 27.7 Å². The smallest absolute Gasteiger partial charge is 0.239 e. The van der Waals surface area contributed by atoms with Gasteiger partial charge >= 0.3 is 0 Å². The van der Waals surface area contributed by atoms with Crippen molar-refractivity contribution in [3.8, 4) is 0 Å². The molecule has 1 fully saturated rings. The zero-order valence-corrected chi connectivity index (χ0v) is 14.0. The lowest BCUT2D eigenvalue weighted by atomic mass is 10.0. The third-order valence-corrected chi connectivity index (χ3v) is 6.18. The van der Waals surface area contributed by atoms with Crippen LogP contribution >= 0.6 is 11.6 Å². The highest BCUT2D eigenvalue weighted by Crippen LogP contribution is 2.68. The first-order valence-electron chi connectivity index (χ1n) is 6.52. The Hall–Kier alpha value is -1.11. The summed E-state index contributed by atoms with van der Waals surface area (Å²) in [6.45, 7) is 8.20. The standard InChI is InChI=1S/C14H19ClN2O3S/c1-13(2)11(14(13,3)4)12(18)17-8-5-6-10(9(15)7-8)21(16,19)20/h5-7,11H,1-4H3,(H,17,18)(H2,16,19,20). The van der Waals surface area contributed by atoms with Crippen LogP contribution < -0.4 is 10.5 Å².